The Labute approximate surface area is 125 Å². The maximum atomic E-state index is 6.02. The second-order valence-corrected chi connectivity index (χ2v) is 5.02. The maximum Gasteiger partial charge on any atom is 0.227 e. The van der Waals surface area contributed by atoms with Crippen molar-refractivity contribution >= 4 is 40.0 Å². The van der Waals surface area contributed by atoms with E-state index in [4.69, 9.17) is 38.1 Å². The van der Waals surface area contributed by atoms with Crippen molar-refractivity contribution in [3.05, 3.63) is 40.4 Å². The van der Waals surface area contributed by atoms with Crippen LogP contribution in [0, 0.1) is 0 Å². The molecule has 3 rings (SSSR count). The number of hydrogen-bond acceptors (Lipinski definition) is 4. The highest BCUT2D eigenvalue weighted by Crippen LogP contribution is 2.34. The summed E-state index contributed by atoms with van der Waals surface area (Å²) in [6.45, 7) is 0. The van der Waals surface area contributed by atoms with Gasteiger partial charge in [0.1, 0.15) is 11.3 Å². The third-order valence-electron chi connectivity index (χ3n) is 2.92. The van der Waals surface area contributed by atoms with Gasteiger partial charge in [0.2, 0.25) is 5.89 Å². The van der Waals surface area contributed by atoms with E-state index in [1.54, 1.807) is 37.4 Å². The lowest BCUT2D eigenvalue weighted by Crippen LogP contribution is -1.89. The lowest BCUT2D eigenvalue weighted by molar-refractivity contribution is 0.415. The van der Waals surface area contributed by atoms with Gasteiger partial charge >= 0.3 is 0 Å². The van der Waals surface area contributed by atoms with Crippen molar-refractivity contribution in [3.8, 4) is 17.2 Å². The van der Waals surface area contributed by atoms with Crippen LogP contribution in [0.3, 0.4) is 0 Å². The minimum absolute atomic E-state index is 0.342. The standard InChI is InChI=1S/C14H10Cl2N2O2/c1-19-8-2-3-12-11(6-8)18-14(20-12)7-4-9(15)13(17)10(16)5-7/h2-6H,17H2,1H3. The van der Waals surface area contributed by atoms with Crippen LogP contribution in [0.15, 0.2) is 34.7 Å². The lowest BCUT2D eigenvalue weighted by Gasteiger charge is -2.03. The summed E-state index contributed by atoms with van der Waals surface area (Å²) in [6, 6.07) is 8.74. The number of fused-ring (bicyclic) bond motifs is 1. The van der Waals surface area contributed by atoms with E-state index in [1.165, 1.54) is 0 Å². The summed E-state index contributed by atoms with van der Waals surface area (Å²) < 4.78 is 10.8. The monoisotopic (exact) mass is 308 g/mol. The van der Waals surface area contributed by atoms with Crippen LogP contribution < -0.4 is 10.5 Å². The average Bonchev–Trinajstić information content (AvgIpc) is 2.86. The lowest BCUT2D eigenvalue weighted by atomic mass is 10.2. The number of anilines is 1. The van der Waals surface area contributed by atoms with E-state index in [9.17, 15) is 0 Å². The second-order valence-electron chi connectivity index (χ2n) is 4.21. The first kappa shape index (κ1) is 13.1. The molecule has 0 fully saturated rings. The van der Waals surface area contributed by atoms with Crippen molar-refractivity contribution in [2.24, 2.45) is 0 Å². The molecule has 3 aromatic rings. The number of rotatable bonds is 2. The zero-order valence-corrected chi connectivity index (χ0v) is 12.0. The molecule has 0 radical (unpaired) electrons. The molecule has 0 aliphatic heterocycles. The first-order valence-electron chi connectivity index (χ1n) is 5.78. The highest BCUT2D eigenvalue weighted by atomic mass is 35.5. The van der Waals surface area contributed by atoms with Crippen molar-refractivity contribution < 1.29 is 9.15 Å². The van der Waals surface area contributed by atoms with Crippen LogP contribution in [0.5, 0.6) is 5.75 Å². The zero-order valence-electron chi connectivity index (χ0n) is 10.5. The fourth-order valence-corrected chi connectivity index (χ4v) is 2.35. The fourth-order valence-electron chi connectivity index (χ4n) is 1.87. The van der Waals surface area contributed by atoms with Crippen molar-refractivity contribution in [3.63, 3.8) is 0 Å². The molecule has 6 heteroatoms. The van der Waals surface area contributed by atoms with Crippen LogP contribution in [0.25, 0.3) is 22.6 Å². The Balaban J connectivity index is 2.14. The summed E-state index contributed by atoms with van der Waals surface area (Å²) in [4.78, 5) is 4.40. The number of methoxy groups -OCH3 is 1. The molecule has 2 N–H and O–H groups in total. The second kappa shape index (κ2) is 4.89. The minimum Gasteiger partial charge on any atom is -0.497 e. The first-order valence-corrected chi connectivity index (χ1v) is 6.53. The summed E-state index contributed by atoms with van der Waals surface area (Å²) >= 11 is 12.0. The quantitative estimate of drug-likeness (QED) is 0.713. The topological polar surface area (TPSA) is 61.3 Å². The summed E-state index contributed by atoms with van der Waals surface area (Å²) in [5.74, 6) is 1.14. The van der Waals surface area contributed by atoms with E-state index in [0.29, 0.717) is 44.0 Å². The van der Waals surface area contributed by atoms with Gasteiger partial charge in [-0.15, -0.1) is 0 Å². The van der Waals surface area contributed by atoms with Crippen LogP contribution >= 0.6 is 23.2 Å². The minimum atomic E-state index is 0.342. The number of halogens is 2. The van der Waals surface area contributed by atoms with Crippen LogP contribution in [-0.4, -0.2) is 12.1 Å². The van der Waals surface area contributed by atoms with Gasteiger partial charge in [0.05, 0.1) is 22.8 Å². The fraction of sp³-hybridized carbons (Fsp3) is 0.0714. The molecule has 4 nitrogen and oxygen atoms in total. The van der Waals surface area contributed by atoms with E-state index >= 15 is 0 Å². The third kappa shape index (κ3) is 2.17. The Morgan fingerprint density at radius 1 is 1.15 bits per heavy atom. The van der Waals surface area contributed by atoms with Gasteiger partial charge < -0.3 is 14.9 Å². The molecular weight excluding hydrogens is 299 g/mol. The maximum absolute atomic E-state index is 6.02. The van der Waals surface area contributed by atoms with E-state index in [-0.39, 0.29) is 0 Å². The molecule has 0 spiro atoms. The first-order chi connectivity index (χ1) is 9.58. The number of nitrogens with zero attached hydrogens (tertiary/aromatic N) is 1. The smallest absolute Gasteiger partial charge is 0.227 e. The molecule has 0 saturated carbocycles. The highest BCUT2D eigenvalue weighted by molar-refractivity contribution is 6.39. The Morgan fingerprint density at radius 2 is 1.85 bits per heavy atom. The normalized spacial score (nSPS) is 10.9. The number of ether oxygens (including phenoxy) is 1. The molecule has 1 aromatic heterocycles. The molecule has 0 saturated heterocycles. The number of nitrogen functional groups attached to an aromatic ring is 1. The van der Waals surface area contributed by atoms with E-state index in [1.807, 2.05) is 0 Å². The zero-order chi connectivity index (χ0) is 14.3. The molecule has 0 amide bonds. The summed E-state index contributed by atoms with van der Waals surface area (Å²) in [7, 11) is 1.60. The van der Waals surface area contributed by atoms with E-state index in [2.05, 4.69) is 4.98 Å². The number of nitrogens with two attached hydrogens (primary N) is 1. The van der Waals surface area contributed by atoms with Gasteiger partial charge in [-0.05, 0) is 24.3 Å². The summed E-state index contributed by atoms with van der Waals surface area (Å²) in [5.41, 5.74) is 8.08. The summed E-state index contributed by atoms with van der Waals surface area (Å²) in [5, 5.41) is 0.736. The van der Waals surface area contributed by atoms with Gasteiger partial charge in [0, 0.05) is 11.6 Å². The van der Waals surface area contributed by atoms with Gasteiger partial charge in [-0.2, -0.15) is 0 Å². The predicted molar refractivity (Wildman–Crippen MR) is 80.4 cm³/mol. The molecule has 0 aliphatic carbocycles. The Kier molecular flexibility index (Phi) is 3.20. The molecule has 2 aromatic carbocycles. The molecule has 0 bridgehead atoms. The van der Waals surface area contributed by atoms with Gasteiger partial charge in [0.25, 0.3) is 0 Å². The molecule has 0 atom stereocenters. The van der Waals surface area contributed by atoms with Gasteiger partial charge in [-0.25, -0.2) is 4.98 Å². The van der Waals surface area contributed by atoms with E-state index < -0.39 is 0 Å². The highest BCUT2D eigenvalue weighted by Gasteiger charge is 2.12. The van der Waals surface area contributed by atoms with Crippen LogP contribution in [0.4, 0.5) is 5.69 Å². The van der Waals surface area contributed by atoms with Crippen molar-refractivity contribution in [1.29, 1.82) is 0 Å². The SMILES string of the molecule is COc1ccc2oc(-c3cc(Cl)c(N)c(Cl)c3)nc2c1. The molecule has 0 unspecified atom stereocenters. The summed E-state index contributed by atoms with van der Waals surface area (Å²) in [6.07, 6.45) is 0. The molecule has 0 aliphatic rings. The molecule has 20 heavy (non-hydrogen) atoms. The third-order valence-corrected chi connectivity index (χ3v) is 3.55. The molecular formula is C14H10Cl2N2O2. The van der Waals surface area contributed by atoms with Gasteiger partial charge in [0.15, 0.2) is 5.58 Å². The molecule has 1 heterocycles. The van der Waals surface area contributed by atoms with Crippen molar-refractivity contribution in [2.45, 2.75) is 0 Å². The average molecular weight is 309 g/mol. The Hall–Kier alpha value is -1.91. The van der Waals surface area contributed by atoms with E-state index in [0.717, 1.165) is 0 Å². The van der Waals surface area contributed by atoms with Gasteiger partial charge in [-0.1, -0.05) is 23.2 Å². The largest absolute Gasteiger partial charge is 0.497 e. The number of oxazole rings is 1. The number of benzene rings is 2. The van der Waals surface area contributed by atoms with Gasteiger partial charge in [-0.3, -0.25) is 0 Å². The Morgan fingerprint density at radius 3 is 2.50 bits per heavy atom. The number of hydrogen-bond donors (Lipinski definition) is 1. The van der Waals surface area contributed by atoms with Crippen LogP contribution in [-0.2, 0) is 0 Å². The Bertz CT molecular complexity index is 776. The van der Waals surface area contributed by atoms with Crippen LogP contribution in [0.1, 0.15) is 0 Å². The van der Waals surface area contributed by atoms with Crippen molar-refractivity contribution in [1.82, 2.24) is 4.98 Å². The van der Waals surface area contributed by atoms with Crippen molar-refractivity contribution in [2.75, 3.05) is 12.8 Å². The number of aromatic nitrogens is 1. The van der Waals surface area contributed by atoms with Crippen LogP contribution in [0.2, 0.25) is 10.0 Å². The predicted octanol–water partition coefficient (Wildman–Crippen LogP) is 4.39. The molecule has 102 valence electrons.